The molecule has 0 fully saturated rings. The lowest BCUT2D eigenvalue weighted by molar-refractivity contribution is 1.07. The topological polar surface area (TPSA) is 51.6 Å². The van der Waals surface area contributed by atoms with Crippen molar-refractivity contribution in [2.24, 2.45) is 0 Å². The molecule has 0 aliphatic rings. The van der Waals surface area contributed by atoms with Gasteiger partial charge in [0.15, 0.2) is 17.5 Å². The van der Waals surface area contributed by atoms with Crippen LogP contribution in [0, 0.1) is 0 Å². The largest absolute Gasteiger partial charge is 0.246 e. The lowest BCUT2D eigenvalue weighted by atomic mass is 9.91. The van der Waals surface area contributed by atoms with Crippen molar-refractivity contribution in [3.05, 3.63) is 194 Å². The standard InChI is InChI=1S/C54H32N4S/c1-3-13-34(14-4-1)52-56-53(35-15-5-2-6-16-35)58-54(57-52)36-25-23-33(24-26-36)50-51-49(44-21-11-12-22-48(44)59-51)46-32-38(28-30-47(46)55-50)37-27-29-43-41-19-8-7-17-39(41)40-18-9-10-20-42(40)45(43)31-37/h1-32H. The fourth-order valence-electron chi connectivity index (χ4n) is 8.66. The highest BCUT2D eigenvalue weighted by atomic mass is 32.1. The first-order valence-electron chi connectivity index (χ1n) is 19.8. The normalized spacial score (nSPS) is 11.7. The summed E-state index contributed by atoms with van der Waals surface area (Å²) in [6.45, 7) is 0. The Morgan fingerprint density at radius 2 is 0.712 bits per heavy atom. The van der Waals surface area contributed by atoms with Crippen LogP contribution in [-0.2, 0) is 0 Å². The average Bonchev–Trinajstić information content (AvgIpc) is 3.72. The Labute approximate surface area is 343 Å². The molecular formula is C54H32N4S. The van der Waals surface area contributed by atoms with E-state index >= 15 is 0 Å². The molecule has 12 rings (SSSR count). The van der Waals surface area contributed by atoms with E-state index in [1.165, 1.54) is 63.6 Å². The van der Waals surface area contributed by atoms with Crippen molar-refractivity contribution in [1.29, 1.82) is 0 Å². The van der Waals surface area contributed by atoms with Crippen molar-refractivity contribution in [2.75, 3.05) is 0 Å². The molecule has 274 valence electrons. The highest BCUT2D eigenvalue weighted by molar-refractivity contribution is 7.26. The smallest absolute Gasteiger partial charge is 0.164 e. The van der Waals surface area contributed by atoms with Crippen molar-refractivity contribution >= 4 is 74.7 Å². The molecule has 0 saturated heterocycles. The number of benzene rings is 9. The van der Waals surface area contributed by atoms with Crippen molar-refractivity contribution < 1.29 is 0 Å². The Bertz CT molecular complexity index is 3500. The maximum Gasteiger partial charge on any atom is 0.164 e. The summed E-state index contributed by atoms with van der Waals surface area (Å²) in [5, 5.41) is 11.3. The molecule has 12 aromatic rings. The third kappa shape index (κ3) is 5.58. The Balaban J connectivity index is 0.995. The summed E-state index contributed by atoms with van der Waals surface area (Å²) in [7, 11) is 0. The Morgan fingerprint density at radius 1 is 0.288 bits per heavy atom. The van der Waals surface area contributed by atoms with Crippen LogP contribution < -0.4 is 0 Å². The predicted octanol–water partition coefficient (Wildman–Crippen LogP) is 14.6. The molecule has 3 heterocycles. The van der Waals surface area contributed by atoms with Gasteiger partial charge in [0.1, 0.15) is 0 Å². The number of hydrogen-bond donors (Lipinski definition) is 0. The van der Waals surface area contributed by atoms with Gasteiger partial charge in [0.05, 0.1) is 15.9 Å². The fourth-order valence-corrected chi connectivity index (χ4v) is 9.89. The lowest BCUT2D eigenvalue weighted by Crippen LogP contribution is -2.00. The van der Waals surface area contributed by atoms with Gasteiger partial charge in [0.2, 0.25) is 0 Å². The van der Waals surface area contributed by atoms with Crippen molar-refractivity contribution in [2.45, 2.75) is 0 Å². The van der Waals surface area contributed by atoms with Gasteiger partial charge in [0, 0.05) is 43.1 Å². The minimum Gasteiger partial charge on any atom is -0.246 e. The van der Waals surface area contributed by atoms with Gasteiger partial charge in [-0.25, -0.2) is 19.9 Å². The molecule has 5 heteroatoms. The van der Waals surface area contributed by atoms with Crippen LogP contribution in [0.15, 0.2) is 194 Å². The SMILES string of the molecule is c1ccc(-c2nc(-c3ccccc3)nc(-c3ccc(-c4nc5ccc(-c6ccc7c8ccccc8c8ccccc8c7c6)cc5c5c4sc4ccccc45)cc3)n2)cc1. The Hall–Kier alpha value is -7.60. The molecule has 0 aliphatic heterocycles. The molecule has 0 N–H and O–H groups in total. The number of hydrogen-bond acceptors (Lipinski definition) is 5. The molecular weight excluding hydrogens is 737 g/mol. The van der Waals surface area contributed by atoms with Gasteiger partial charge in [-0.2, -0.15) is 0 Å². The van der Waals surface area contributed by atoms with Crippen molar-refractivity contribution in [3.63, 3.8) is 0 Å². The van der Waals surface area contributed by atoms with E-state index in [0.717, 1.165) is 38.9 Å². The Kier molecular flexibility index (Phi) is 7.68. The highest BCUT2D eigenvalue weighted by Gasteiger charge is 2.19. The fraction of sp³-hybridized carbons (Fsp3) is 0. The van der Waals surface area contributed by atoms with Crippen LogP contribution in [0.25, 0.3) is 120 Å². The van der Waals surface area contributed by atoms with Crippen LogP contribution in [0.2, 0.25) is 0 Å². The molecule has 4 nitrogen and oxygen atoms in total. The second-order valence-electron chi connectivity index (χ2n) is 15.0. The second-order valence-corrected chi connectivity index (χ2v) is 16.0. The maximum absolute atomic E-state index is 5.41. The van der Waals surface area contributed by atoms with E-state index in [9.17, 15) is 0 Å². The third-order valence-corrected chi connectivity index (χ3v) is 12.7. The van der Waals surface area contributed by atoms with Crippen LogP contribution in [0.4, 0.5) is 0 Å². The molecule has 0 spiro atoms. The molecule has 9 aromatic carbocycles. The molecule has 0 saturated carbocycles. The number of rotatable bonds is 5. The van der Waals surface area contributed by atoms with E-state index in [4.69, 9.17) is 19.9 Å². The van der Waals surface area contributed by atoms with E-state index in [-0.39, 0.29) is 0 Å². The molecule has 0 unspecified atom stereocenters. The Morgan fingerprint density at radius 3 is 1.31 bits per heavy atom. The van der Waals surface area contributed by atoms with Crippen molar-refractivity contribution in [3.8, 4) is 56.5 Å². The van der Waals surface area contributed by atoms with Crippen LogP contribution in [0.1, 0.15) is 0 Å². The summed E-state index contributed by atoms with van der Waals surface area (Å²) in [6.07, 6.45) is 0. The van der Waals surface area contributed by atoms with Gasteiger partial charge in [-0.05, 0) is 67.7 Å². The highest BCUT2D eigenvalue weighted by Crippen LogP contribution is 2.44. The zero-order valence-electron chi connectivity index (χ0n) is 31.7. The number of thiophene rings is 1. The molecule has 0 atom stereocenters. The monoisotopic (exact) mass is 768 g/mol. The quantitative estimate of drug-likeness (QED) is 0.164. The molecule has 0 radical (unpaired) electrons. The first kappa shape index (κ1) is 33.5. The second kappa shape index (κ2) is 13.5. The number of pyridine rings is 1. The van der Waals surface area contributed by atoms with Crippen LogP contribution in [0.5, 0.6) is 0 Å². The van der Waals surface area contributed by atoms with Crippen LogP contribution in [0.3, 0.4) is 0 Å². The van der Waals surface area contributed by atoms with Gasteiger partial charge in [-0.3, -0.25) is 0 Å². The van der Waals surface area contributed by atoms with Gasteiger partial charge >= 0.3 is 0 Å². The summed E-state index contributed by atoms with van der Waals surface area (Å²) in [4.78, 5) is 20.2. The zero-order chi connectivity index (χ0) is 38.9. The van der Waals surface area contributed by atoms with E-state index in [2.05, 4.69) is 133 Å². The lowest BCUT2D eigenvalue weighted by Gasteiger charge is -2.13. The third-order valence-electron chi connectivity index (χ3n) is 11.5. The minimum absolute atomic E-state index is 0.630. The summed E-state index contributed by atoms with van der Waals surface area (Å²) >= 11 is 1.81. The number of fused-ring (bicyclic) bond motifs is 11. The van der Waals surface area contributed by atoms with Gasteiger partial charge < -0.3 is 0 Å². The maximum atomic E-state index is 5.41. The van der Waals surface area contributed by atoms with Crippen molar-refractivity contribution in [1.82, 2.24) is 19.9 Å². The summed E-state index contributed by atoms with van der Waals surface area (Å²) in [6, 6.07) is 68.6. The summed E-state index contributed by atoms with van der Waals surface area (Å²) < 4.78 is 2.42. The zero-order valence-corrected chi connectivity index (χ0v) is 32.5. The molecule has 3 aromatic heterocycles. The van der Waals surface area contributed by atoms with E-state index in [1.807, 2.05) is 72.0 Å². The van der Waals surface area contributed by atoms with E-state index in [0.29, 0.717) is 17.5 Å². The minimum atomic E-state index is 0.630. The van der Waals surface area contributed by atoms with Crippen LogP contribution >= 0.6 is 11.3 Å². The summed E-state index contributed by atoms with van der Waals surface area (Å²) in [5.41, 5.74) is 8.17. The van der Waals surface area contributed by atoms with Gasteiger partial charge in [-0.15, -0.1) is 11.3 Å². The summed E-state index contributed by atoms with van der Waals surface area (Å²) in [5.74, 6) is 1.92. The molecule has 0 amide bonds. The first-order chi connectivity index (χ1) is 29.2. The molecule has 59 heavy (non-hydrogen) atoms. The first-order valence-corrected chi connectivity index (χ1v) is 20.6. The number of aromatic nitrogens is 4. The van der Waals surface area contributed by atoms with Gasteiger partial charge in [0.25, 0.3) is 0 Å². The van der Waals surface area contributed by atoms with E-state index in [1.54, 1.807) is 0 Å². The average molecular weight is 769 g/mol. The molecule has 0 aliphatic carbocycles. The molecule has 0 bridgehead atoms. The van der Waals surface area contributed by atoms with Gasteiger partial charge in [-0.1, -0.05) is 170 Å². The number of nitrogens with zero attached hydrogens (tertiary/aromatic N) is 4. The predicted molar refractivity (Wildman–Crippen MR) is 248 cm³/mol. The van der Waals surface area contributed by atoms with E-state index < -0.39 is 0 Å². The van der Waals surface area contributed by atoms with Crippen LogP contribution in [-0.4, -0.2) is 19.9 Å².